The van der Waals surface area contributed by atoms with Crippen LogP contribution in [0.25, 0.3) is 0 Å². The first kappa shape index (κ1) is 18.1. The zero-order valence-electron chi connectivity index (χ0n) is 14.6. The van der Waals surface area contributed by atoms with Crippen LogP contribution in [0, 0.1) is 0 Å². The molecule has 0 aliphatic carbocycles. The van der Waals surface area contributed by atoms with Crippen LogP contribution in [-0.2, 0) is 11.3 Å². The number of para-hydroxylation sites is 1. The third-order valence-corrected chi connectivity index (χ3v) is 4.24. The third-order valence-electron chi connectivity index (χ3n) is 4.24. The summed E-state index contributed by atoms with van der Waals surface area (Å²) in [4.78, 5) is 0. The maximum absolute atomic E-state index is 6.03. The van der Waals surface area contributed by atoms with Gasteiger partial charge in [0.1, 0.15) is 0 Å². The van der Waals surface area contributed by atoms with E-state index in [1.807, 2.05) is 12.1 Å². The van der Waals surface area contributed by atoms with Crippen molar-refractivity contribution in [3.05, 3.63) is 23.8 Å². The van der Waals surface area contributed by atoms with Crippen molar-refractivity contribution in [1.29, 1.82) is 0 Å². The number of ether oxygens (including phenoxy) is 3. The molecule has 1 saturated heterocycles. The van der Waals surface area contributed by atoms with E-state index in [1.54, 1.807) is 7.11 Å². The lowest BCUT2D eigenvalue weighted by Crippen LogP contribution is -2.26. The number of methoxy groups -OCH3 is 1. The highest BCUT2D eigenvalue weighted by Gasteiger charge is 2.15. The molecular formula is C19H31NO3. The maximum Gasteiger partial charge on any atom is 0.165 e. The summed E-state index contributed by atoms with van der Waals surface area (Å²) in [5.74, 6) is 1.70. The topological polar surface area (TPSA) is 39.7 Å². The first-order valence-corrected chi connectivity index (χ1v) is 8.96. The molecule has 1 aromatic carbocycles. The average molecular weight is 321 g/mol. The average Bonchev–Trinajstić information content (AvgIpc) is 3.09. The van der Waals surface area contributed by atoms with E-state index in [0.717, 1.165) is 56.2 Å². The summed E-state index contributed by atoms with van der Waals surface area (Å²) in [5, 5.41) is 3.49. The van der Waals surface area contributed by atoms with Crippen LogP contribution in [0.5, 0.6) is 11.5 Å². The minimum absolute atomic E-state index is 0.360. The van der Waals surface area contributed by atoms with E-state index in [4.69, 9.17) is 14.2 Å². The van der Waals surface area contributed by atoms with Crippen LogP contribution >= 0.6 is 0 Å². The molecule has 1 aliphatic heterocycles. The first-order valence-electron chi connectivity index (χ1n) is 8.96. The highest BCUT2D eigenvalue weighted by molar-refractivity contribution is 5.46. The van der Waals surface area contributed by atoms with Crippen molar-refractivity contribution in [3.63, 3.8) is 0 Å². The Bertz CT molecular complexity index is 444. The smallest absolute Gasteiger partial charge is 0.165 e. The molecule has 1 aromatic rings. The van der Waals surface area contributed by atoms with Crippen molar-refractivity contribution in [2.45, 2.75) is 58.1 Å². The fourth-order valence-corrected chi connectivity index (χ4v) is 2.90. The number of rotatable bonds is 11. The molecule has 1 N–H and O–H groups in total. The van der Waals surface area contributed by atoms with Crippen molar-refractivity contribution >= 4 is 0 Å². The molecule has 1 heterocycles. The normalized spacial score (nSPS) is 17.4. The highest BCUT2D eigenvalue weighted by Crippen LogP contribution is 2.31. The van der Waals surface area contributed by atoms with Crippen LogP contribution < -0.4 is 14.8 Å². The van der Waals surface area contributed by atoms with Crippen molar-refractivity contribution in [2.75, 3.05) is 26.9 Å². The maximum atomic E-state index is 6.03. The zero-order valence-corrected chi connectivity index (χ0v) is 14.6. The molecule has 0 aromatic heterocycles. The fourth-order valence-electron chi connectivity index (χ4n) is 2.90. The summed E-state index contributed by atoms with van der Waals surface area (Å²) in [6.07, 6.45) is 7.52. The lowest BCUT2D eigenvalue weighted by Gasteiger charge is -2.16. The van der Waals surface area contributed by atoms with E-state index in [-0.39, 0.29) is 0 Å². The van der Waals surface area contributed by atoms with Gasteiger partial charge in [-0.3, -0.25) is 0 Å². The van der Waals surface area contributed by atoms with Crippen LogP contribution in [0.2, 0.25) is 0 Å². The van der Waals surface area contributed by atoms with Gasteiger partial charge in [0.05, 0.1) is 19.8 Å². The Kier molecular flexibility index (Phi) is 8.26. The summed E-state index contributed by atoms with van der Waals surface area (Å²) in [6, 6.07) is 6.09. The number of nitrogens with one attached hydrogen (secondary N) is 1. The Morgan fingerprint density at radius 1 is 1.26 bits per heavy atom. The fraction of sp³-hybridized carbons (Fsp3) is 0.684. The molecule has 0 amide bonds. The molecule has 0 radical (unpaired) electrons. The second kappa shape index (κ2) is 10.5. The molecule has 0 bridgehead atoms. The van der Waals surface area contributed by atoms with Crippen molar-refractivity contribution < 1.29 is 14.2 Å². The van der Waals surface area contributed by atoms with Crippen LogP contribution in [0.1, 0.15) is 51.0 Å². The second-order valence-electron chi connectivity index (χ2n) is 6.12. The molecule has 4 heteroatoms. The second-order valence-corrected chi connectivity index (χ2v) is 6.12. The molecular weight excluding hydrogens is 290 g/mol. The molecule has 1 fully saturated rings. The molecule has 1 aliphatic rings. The largest absolute Gasteiger partial charge is 0.493 e. The van der Waals surface area contributed by atoms with E-state index in [9.17, 15) is 0 Å². The Labute approximate surface area is 140 Å². The van der Waals surface area contributed by atoms with E-state index in [0.29, 0.717) is 6.10 Å². The van der Waals surface area contributed by atoms with Crippen LogP contribution in [0.15, 0.2) is 18.2 Å². The van der Waals surface area contributed by atoms with Crippen LogP contribution in [0.3, 0.4) is 0 Å². The van der Waals surface area contributed by atoms with Crippen molar-refractivity contribution in [2.24, 2.45) is 0 Å². The van der Waals surface area contributed by atoms with Crippen molar-refractivity contribution in [3.8, 4) is 11.5 Å². The van der Waals surface area contributed by atoms with E-state index >= 15 is 0 Å². The number of unbranched alkanes of at least 4 members (excludes halogenated alkanes) is 3. The zero-order chi connectivity index (χ0) is 16.3. The van der Waals surface area contributed by atoms with Gasteiger partial charge in [0.25, 0.3) is 0 Å². The summed E-state index contributed by atoms with van der Waals surface area (Å²) in [6.45, 7) is 5.55. The Morgan fingerprint density at radius 3 is 2.91 bits per heavy atom. The Morgan fingerprint density at radius 2 is 2.17 bits per heavy atom. The van der Waals surface area contributed by atoms with Gasteiger partial charge in [-0.2, -0.15) is 0 Å². The van der Waals surface area contributed by atoms with Gasteiger partial charge in [-0.15, -0.1) is 0 Å². The Balaban J connectivity index is 1.86. The predicted molar refractivity (Wildman–Crippen MR) is 93.3 cm³/mol. The molecule has 0 spiro atoms. The molecule has 4 nitrogen and oxygen atoms in total. The van der Waals surface area contributed by atoms with Gasteiger partial charge in [-0.1, -0.05) is 38.3 Å². The standard InChI is InChI=1S/C19H31NO3/c1-3-4-5-6-12-23-19-16(9-7-11-18(19)21-2)14-20-15-17-10-8-13-22-17/h7,9,11,17,20H,3-6,8,10,12-15H2,1-2H3. The predicted octanol–water partition coefficient (Wildman–Crippen LogP) is 3.92. The van der Waals surface area contributed by atoms with Crippen LogP contribution in [-0.4, -0.2) is 33.0 Å². The minimum atomic E-state index is 0.360. The SMILES string of the molecule is CCCCCCOc1c(CNCC2CCCO2)cccc1OC. The van der Waals surface area contributed by atoms with Crippen molar-refractivity contribution in [1.82, 2.24) is 5.32 Å². The minimum Gasteiger partial charge on any atom is -0.493 e. The monoisotopic (exact) mass is 321 g/mol. The first-order chi connectivity index (χ1) is 11.3. The summed E-state index contributed by atoms with van der Waals surface area (Å²) in [5.41, 5.74) is 1.15. The summed E-state index contributed by atoms with van der Waals surface area (Å²) < 4.78 is 17.1. The van der Waals surface area contributed by atoms with Gasteiger partial charge in [0, 0.05) is 25.3 Å². The van der Waals surface area contributed by atoms with E-state index in [1.165, 1.54) is 25.7 Å². The molecule has 0 saturated carbocycles. The quantitative estimate of drug-likeness (QED) is 0.627. The molecule has 130 valence electrons. The molecule has 1 atom stereocenters. The summed E-state index contributed by atoms with van der Waals surface area (Å²) >= 11 is 0. The highest BCUT2D eigenvalue weighted by atomic mass is 16.5. The van der Waals surface area contributed by atoms with Gasteiger partial charge < -0.3 is 19.5 Å². The van der Waals surface area contributed by atoms with E-state index in [2.05, 4.69) is 18.3 Å². The van der Waals surface area contributed by atoms with E-state index < -0.39 is 0 Å². The lowest BCUT2D eigenvalue weighted by atomic mass is 10.1. The Hall–Kier alpha value is -1.26. The summed E-state index contributed by atoms with van der Waals surface area (Å²) in [7, 11) is 1.70. The number of hydrogen-bond donors (Lipinski definition) is 1. The molecule has 23 heavy (non-hydrogen) atoms. The third kappa shape index (κ3) is 6.04. The molecule has 1 unspecified atom stereocenters. The van der Waals surface area contributed by atoms with Gasteiger partial charge >= 0.3 is 0 Å². The number of benzene rings is 1. The number of hydrogen-bond acceptors (Lipinski definition) is 4. The van der Waals surface area contributed by atoms with Crippen LogP contribution in [0.4, 0.5) is 0 Å². The molecule has 2 rings (SSSR count). The van der Waals surface area contributed by atoms with Gasteiger partial charge in [-0.05, 0) is 25.3 Å². The lowest BCUT2D eigenvalue weighted by molar-refractivity contribution is 0.110. The van der Waals surface area contributed by atoms with Gasteiger partial charge in [0.15, 0.2) is 11.5 Å². The van der Waals surface area contributed by atoms with Gasteiger partial charge in [-0.25, -0.2) is 0 Å². The van der Waals surface area contributed by atoms with Gasteiger partial charge in [0.2, 0.25) is 0 Å².